The van der Waals surface area contributed by atoms with Crippen molar-refractivity contribution in [2.75, 3.05) is 9.80 Å². The molecule has 0 aliphatic carbocycles. The molecule has 382 valence electrons. The monoisotopic (exact) mass is 1010 g/mol. The first-order valence-electron chi connectivity index (χ1n) is 27.9. The van der Waals surface area contributed by atoms with Crippen LogP contribution in [0.2, 0.25) is 0 Å². The predicted octanol–water partition coefficient (Wildman–Crippen LogP) is 22.3. The lowest BCUT2D eigenvalue weighted by Crippen LogP contribution is -2.14. The van der Waals surface area contributed by atoms with E-state index in [-0.39, 0.29) is 11.8 Å². The normalized spacial score (nSPS) is 11.7. The number of anilines is 6. The van der Waals surface area contributed by atoms with E-state index in [0.29, 0.717) is 0 Å². The second kappa shape index (κ2) is 20.3. The molecule has 0 aliphatic heterocycles. The van der Waals surface area contributed by atoms with E-state index >= 15 is 0 Å². The van der Waals surface area contributed by atoms with E-state index < -0.39 is 0 Å². The molecule has 0 atom stereocenters. The smallest absolute Gasteiger partial charge is 0.0543 e. The summed E-state index contributed by atoms with van der Waals surface area (Å²) in [4.78, 5) is 5.15. The number of hydrogen-bond acceptors (Lipinski definition) is 2. The molecular formula is C76H68N2. The predicted molar refractivity (Wildman–Crippen MR) is 338 cm³/mol. The molecule has 0 N–H and O–H groups in total. The van der Waals surface area contributed by atoms with Crippen LogP contribution in [0.5, 0.6) is 0 Å². The summed E-state index contributed by atoms with van der Waals surface area (Å²) in [5.41, 5.74) is 26.9. The van der Waals surface area contributed by atoms with E-state index in [1.807, 2.05) is 0 Å². The van der Waals surface area contributed by atoms with E-state index in [4.69, 9.17) is 0 Å². The van der Waals surface area contributed by atoms with Crippen LogP contribution in [0.15, 0.2) is 218 Å². The summed E-state index contributed by atoms with van der Waals surface area (Å²) in [6, 6.07) is 82.2. The van der Waals surface area contributed by atoms with Crippen LogP contribution in [0.3, 0.4) is 0 Å². The molecule has 0 radical (unpaired) electrons. The zero-order valence-corrected chi connectivity index (χ0v) is 46.8. The fourth-order valence-corrected chi connectivity index (χ4v) is 12.6. The van der Waals surface area contributed by atoms with Gasteiger partial charge >= 0.3 is 0 Å². The van der Waals surface area contributed by atoms with Crippen molar-refractivity contribution in [1.29, 1.82) is 0 Å². The van der Waals surface area contributed by atoms with Crippen molar-refractivity contribution >= 4 is 66.4 Å². The Bertz CT molecular complexity index is 3900. The van der Waals surface area contributed by atoms with E-state index in [2.05, 4.69) is 297 Å². The van der Waals surface area contributed by atoms with Crippen LogP contribution >= 0.6 is 0 Å². The molecule has 0 fully saturated rings. The first kappa shape index (κ1) is 50.1. The molecule has 0 unspecified atom stereocenters. The standard InChI is InChI=1S/C76H68N2/c1-47(2)67-45-71(77(61-31-19-29-57(41-61)55-25-13-11-14-26-55)69-43-59(35-33-49(69)5)73-51(7)21-17-22-52(73)8)65-40-38-64-68(48(3)4)46-72(66-39-37-63(67)75(65)76(64)66)78(62-32-20-30-58(42-62)56-27-15-12-16-28-56)70-44-60(36-34-50(70)6)74-53(9)23-18-24-54(74)10/h11-48H,1-10H3. The van der Waals surface area contributed by atoms with Crippen molar-refractivity contribution in [2.24, 2.45) is 0 Å². The van der Waals surface area contributed by atoms with Gasteiger partial charge in [-0.1, -0.05) is 198 Å². The maximum atomic E-state index is 2.57. The molecular weight excluding hydrogens is 941 g/mol. The molecule has 0 saturated heterocycles. The summed E-state index contributed by atoms with van der Waals surface area (Å²) in [5, 5.41) is 7.68. The van der Waals surface area contributed by atoms with Gasteiger partial charge in [-0.15, -0.1) is 0 Å². The molecule has 12 aromatic rings. The van der Waals surface area contributed by atoms with Gasteiger partial charge in [0.1, 0.15) is 0 Å². The fourth-order valence-electron chi connectivity index (χ4n) is 12.6. The molecule has 0 spiro atoms. The maximum absolute atomic E-state index is 2.57. The van der Waals surface area contributed by atoms with Gasteiger partial charge in [0, 0.05) is 33.5 Å². The highest BCUT2D eigenvalue weighted by atomic mass is 15.2. The van der Waals surface area contributed by atoms with E-state index in [1.165, 1.54) is 133 Å². The largest absolute Gasteiger partial charge is 0.310 e. The summed E-state index contributed by atoms with van der Waals surface area (Å²) in [6.45, 7) is 23.0. The van der Waals surface area contributed by atoms with Crippen LogP contribution in [0.1, 0.15) is 84.0 Å². The zero-order valence-electron chi connectivity index (χ0n) is 46.8. The summed E-state index contributed by atoms with van der Waals surface area (Å²) in [7, 11) is 0. The van der Waals surface area contributed by atoms with Gasteiger partial charge in [0.2, 0.25) is 0 Å². The van der Waals surface area contributed by atoms with Gasteiger partial charge in [-0.2, -0.15) is 0 Å². The maximum Gasteiger partial charge on any atom is 0.0543 e. The molecule has 0 amide bonds. The Morgan fingerprint density at radius 3 is 0.974 bits per heavy atom. The van der Waals surface area contributed by atoms with Gasteiger partial charge in [0.15, 0.2) is 0 Å². The van der Waals surface area contributed by atoms with E-state index in [1.54, 1.807) is 0 Å². The van der Waals surface area contributed by atoms with Crippen LogP contribution in [0.4, 0.5) is 34.1 Å². The first-order chi connectivity index (χ1) is 37.8. The minimum Gasteiger partial charge on any atom is -0.310 e. The van der Waals surface area contributed by atoms with Gasteiger partial charge < -0.3 is 9.80 Å². The third-order valence-electron chi connectivity index (χ3n) is 16.5. The second-order valence-corrected chi connectivity index (χ2v) is 22.4. The average molecular weight is 1010 g/mol. The molecule has 2 heteroatoms. The minimum atomic E-state index is 0.240. The SMILES string of the molecule is Cc1ccc(-c2c(C)cccc2C)cc1N(c1cccc(-c2ccccc2)c1)c1cc(C(C)C)c2ccc3c(N(c4cccc(-c5ccccc5)c4)c4cc(-c5c(C)cccc5C)ccc4C)cc(C(C)C)c4ccc1c2c43. The fraction of sp³-hybridized carbons (Fsp3) is 0.158. The molecule has 2 nitrogen and oxygen atoms in total. The van der Waals surface area contributed by atoms with Gasteiger partial charge in [0.25, 0.3) is 0 Å². The Hall–Kier alpha value is -8.72. The number of hydrogen-bond donors (Lipinski definition) is 0. The lowest BCUT2D eigenvalue weighted by atomic mass is 9.83. The van der Waals surface area contributed by atoms with Crippen molar-refractivity contribution in [3.8, 4) is 44.5 Å². The van der Waals surface area contributed by atoms with Crippen molar-refractivity contribution in [3.05, 3.63) is 263 Å². The molecule has 0 heterocycles. The lowest BCUT2D eigenvalue weighted by molar-refractivity contribution is 0.875. The Labute approximate surface area is 462 Å². The van der Waals surface area contributed by atoms with Crippen molar-refractivity contribution in [2.45, 2.75) is 81.1 Å². The van der Waals surface area contributed by atoms with Crippen molar-refractivity contribution in [1.82, 2.24) is 0 Å². The highest BCUT2D eigenvalue weighted by Crippen LogP contribution is 2.53. The molecule has 12 aromatic carbocycles. The third-order valence-corrected chi connectivity index (χ3v) is 16.5. The van der Waals surface area contributed by atoms with Crippen LogP contribution in [-0.4, -0.2) is 0 Å². The summed E-state index contributed by atoms with van der Waals surface area (Å²) in [6.07, 6.45) is 0. The van der Waals surface area contributed by atoms with Crippen molar-refractivity contribution < 1.29 is 0 Å². The molecule has 78 heavy (non-hydrogen) atoms. The number of aryl methyl sites for hydroxylation is 6. The van der Waals surface area contributed by atoms with Crippen LogP contribution in [-0.2, 0) is 0 Å². The average Bonchev–Trinajstić information content (AvgIpc) is 3.64. The van der Waals surface area contributed by atoms with Crippen molar-refractivity contribution in [3.63, 3.8) is 0 Å². The Morgan fingerprint density at radius 2 is 0.603 bits per heavy atom. The summed E-state index contributed by atoms with van der Waals surface area (Å²) >= 11 is 0. The Morgan fingerprint density at radius 1 is 0.256 bits per heavy atom. The molecule has 0 bridgehead atoms. The van der Waals surface area contributed by atoms with E-state index in [0.717, 1.165) is 22.7 Å². The highest BCUT2D eigenvalue weighted by molar-refractivity contribution is 6.29. The lowest BCUT2D eigenvalue weighted by Gasteiger charge is -2.33. The number of benzene rings is 12. The molecule has 0 aliphatic rings. The second-order valence-electron chi connectivity index (χ2n) is 22.4. The zero-order chi connectivity index (χ0) is 53.9. The first-order valence-corrected chi connectivity index (χ1v) is 27.9. The summed E-state index contributed by atoms with van der Waals surface area (Å²) < 4.78 is 0. The van der Waals surface area contributed by atoms with Gasteiger partial charge in [-0.3, -0.25) is 0 Å². The molecule has 0 saturated carbocycles. The van der Waals surface area contributed by atoms with Gasteiger partial charge in [-0.05, 0) is 212 Å². The van der Waals surface area contributed by atoms with Crippen LogP contribution in [0.25, 0.3) is 76.8 Å². The minimum absolute atomic E-state index is 0.240. The molecule has 0 aromatic heterocycles. The quantitative estimate of drug-likeness (QED) is 0.113. The number of rotatable bonds is 12. The highest BCUT2D eigenvalue weighted by Gasteiger charge is 2.28. The topological polar surface area (TPSA) is 6.48 Å². The molecule has 12 rings (SSSR count). The Kier molecular flexibility index (Phi) is 13.1. The van der Waals surface area contributed by atoms with Gasteiger partial charge in [-0.25, -0.2) is 0 Å². The van der Waals surface area contributed by atoms with Crippen LogP contribution in [0, 0.1) is 41.5 Å². The number of nitrogens with zero attached hydrogens (tertiary/aromatic N) is 2. The van der Waals surface area contributed by atoms with Gasteiger partial charge in [0.05, 0.1) is 11.4 Å². The Balaban J connectivity index is 1.19. The summed E-state index contributed by atoms with van der Waals surface area (Å²) in [5.74, 6) is 0.480. The van der Waals surface area contributed by atoms with Crippen LogP contribution < -0.4 is 9.80 Å². The van der Waals surface area contributed by atoms with E-state index in [9.17, 15) is 0 Å². The third kappa shape index (κ3) is 8.80.